The molecule has 0 bridgehead atoms. The van der Waals surface area contributed by atoms with Crippen molar-refractivity contribution in [3.05, 3.63) is 98.5 Å². The Kier molecular flexibility index (Phi) is 6.91. The van der Waals surface area contributed by atoms with Crippen molar-refractivity contribution in [2.75, 3.05) is 0 Å². The van der Waals surface area contributed by atoms with Crippen LogP contribution in [0.1, 0.15) is 32.6 Å². The molecule has 0 aliphatic heterocycles. The molecule has 0 atom stereocenters. The molecule has 1 N–H and O–H groups in total. The van der Waals surface area contributed by atoms with Gasteiger partial charge in [0, 0.05) is 5.56 Å². The number of amides is 1. The number of benzene rings is 3. The van der Waals surface area contributed by atoms with Gasteiger partial charge in [-0.05, 0) is 72.5 Å². The van der Waals surface area contributed by atoms with E-state index in [2.05, 4.69) is 10.5 Å². The second-order valence-electron chi connectivity index (χ2n) is 6.59. The van der Waals surface area contributed by atoms with Crippen LogP contribution < -0.4 is 10.2 Å². The SMILES string of the molecule is Cc1cc(/C=N\NC(=O)c2ccccc2)cc(C)c1OCc1ccc(Cl)c(Cl)c1. The summed E-state index contributed by atoms with van der Waals surface area (Å²) in [5.74, 6) is 0.554. The zero-order valence-corrected chi connectivity index (χ0v) is 17.6. The maximum atomic E-state index is 12.0. The Morgan fingerprint density at radius 3 is 2.34 bits per heavy atom. The van der Waals surface area contributed by atoms with Crippen molar-refractivity contribution in [1.29, 1.82) is 0 Å². The molecule has 0 heterocycles. The number of carbonyl (C=O) groups is 1. The van der Waals surface area contributed by atoms with Crippen molar-refractivity contribution >= 4 is 35.3 Å². The summed E-state index contributed by atoms with van der Waals surface area (Å²) in [7, 11) is 0. The van der Waals surface area contributed by atoms with Gasteiger partial charge in [0.05, 0.1) is 16.3 Å². The third-order valence-electron chi connectivity index (χ3n) is 4.27. The molecule has 3 rings (SSSR count). The molecule has 3 aromatic carbocycles. The van der Waals surface area contributed by atoms with Crippen molar-refractivity contribution in [3.8, 4) is 5.75 Å². The van der Waals surface area contributed by atoms with Crippen molar-refractivity contribution < 1.29 is 9.53 Å². The lowest BCUT2D eigenvalue weighted by atomic mass is 10.1. The Balaban J connectivity index is 1.65. The highest BCUT2D eigenvalue weighted by Crippen LogP contribution is 2.27. The van der Waals surface area contributed by atoms with Crippen LogP contribution in [-0.4, -0.2) is 12.1 Å². The number of nitrogens with zero attached hydrogens (tertiary/aromatic N) is 1. The molecule has 6 heteroatoms. The molecule has 0 fully saturated rings. The topological polar surface area (TPSA) is 50.7 Å². The van der Waals surface area contributed by atoms with E-state index >= 15 is 0 Å². The van der Waals surface area contributed by atoms with Crippen LogP contribution in [0.4, 0.5) is 0 Å². The normalized spacial score (nSPS) is 10.9. The molecule has 0 radical (unpaired) electrons. The summed E-state index contributed by atoms with van der Waals surface area (Å²) in [6.07, 6.45) is 1.61. The Morgan fingerprint density at radius 1 is 1.00 bits per heavy atom. The molecule has 0 aliphatic carbocycles. The summed E-state index contributed by atoms with van der Waals surface area (Å²) in [6, 6.07) is 18.3. The molecular formula is C23H20Cl2N2O2. The van der Waals surface area contributed by atoms with Crippen LogP contribution in [0.25, 0.3) is 0 Å². The first-order valence-electron chi connectivity index (χ1n) is 9.00. The molecule has 0 unspecified atom stereocenters. The van der Waals surface area contributed by atoms with E-state index in [-0.39, 0.29) is 5.91 Å². The Morgan fingerprint density at radius 2 is 1.69 bits per heavy atom. The van der Waals surface area contributed by atoms with Gasteiger partial charge in [-0.25, -0.2) is 5.43 Å². The summed E-state index contributed by atoms with van der Waals surface area (Å²) in [5.41, 5.74) is 6.85. The predicted octanol–water partition coefficient (Wildman–Crippen LogP) is 5.95. The van der Waals surface area contributed by atoms with Crippen LogP contribution in [0.5, 0.6) is 5.75 Å². The standard InChI is InChI=1S/C23H20Cl2N2O2/c1-15-10-18(13-26-27-23(28)19-6-4-3-5-7-19)11-16(2)22(15)29-14-17-8-9-20(24)21(25)12-17/h3-13H,14H2,1-2H3,(H,27,28)/b26-13-. The quantitative estimate of drug-likeness (QED) is 0.390. The Labute approximate surface area is 180 Å². The smallest absolute Gasteiger partial charge is 0.271 e. The number of hydrogen-bond donors (Lipinski definition) is 1. The van der Waals surface area contributed by atoms with E-state index in [9.17, 15) is 4.79 Å². The van der Waals surface area contributed by atoms with E-state index < -0.39 is 0 Å². The van der Waals surface area contributed by atoms with Crippen molar-refractivity contribution in [2.24, 2.45) is 5.10 Å². The summed E-state index contributed by atoms with van der Waals surface area (Å²) in [4.78, 5) is 12.0. The molecule has 1 amide bonds. The highest BCUT2D eigenvalue weighted by molar-refractivity contribution is 6.42. The van der Waals surface area contributed by atoms with Gasteiger partial charge in [-0.15, -0.1) is 0 Å². The second-order valence-corrected chi connectivity index (χ2v) is 7.40. The zero-order valence-electron chi connectivity index (χ0n) is 16.1. The van der Waals surface area contributed by atoms with Gasteiger partial charge in [-0.1, -0.05) is 47.5 Å². The lowest BCUT2D eigenvalue weighted by Gasteiger charge is -2.13. The molecular weight excluding hydrogens is 407 g/mol. The number of hydrogen-bond acceptors (Lipinski definition) is 3. The van der Waals surface area contributed by atoms with Crippen molar-refractivity contribution in [2.45, 2.75) is 20.5 Å². The zero-order chi connectivity index (χ0) is 20.8. The van der Waals surface area contributed by atoms with Crippen molar-refractivity contribution in [3.63, 3.8) is 0 Å². The fourth-order valence-corrected chi connectivity index (χ4v) is 3.21. The lowest BCUT2D eigenvalue weighted by Crippen LogP contribution is -2.17. The van der Waals surface area contributed by atoms with Crippen LogP contribution in [0.3, 0.4) is 0 Å². The molecule has 0 aliphatic rings. The van der Waals surface area contributed by atoms with Crippen LogP contribution in [0.15, 0.2) is 65.8 Å². The third-order valence-corrected chi connectivity index (χ3v) is 5.00. The van der Waals surface area contributed by atoms with E-state index in [1.807, 2.05) is 50.2 Å². The van der Waals surface area contributed by atoms with Gasteiger partial charge >= 0.3 is 0 Å². The first kappa shape index (κ1) is 20.9. The fraction of sp³-hybridized carbons (Fsp3) is 0.130. The summed E-state index contributed by atoms with van der Waals surface area (Å²) >= 11 is 12.0. The largest absolute Gasteiger partial charge is 0.488 e. The molecule has 0 saturated carbocycles. The van der Waals surface area contributed by atoms with E-state index in [0.29, 0.717) is 22.2 Å². The minimum absolute atomic E-state index is 0.253. The Hall–Kier alpha value is -2.82. The van der Waals surface area contributed by atoms with Crippen LogP contribution >= 0.6 is 23.2 Å². The van der Waals surface area contributed by atoms with E-state index in [1.165, 1.54) is 0 Å². The average molecular weight is 427 g/mol. The van der Waals surface area contributed by atoms with E-state index in [4.69, 9.17) is 27.9 Å². The molecule has 0 spiro atoms. The van der Waals surface area contributed by atoms with Gasteiger partial charge < -0.3 is 4.74 Å². The molecule has 3 aromatic rings. The summed E-state index contributed by atoms with van der Waals surface area (Å²) < 4.78 is 5.99. The predicted molar refractivity (Wildman–Crippen MR) is 118 cm³/mol. The monoisotopic (exact) mass is 426 g/mol. The lowest BCUT2D eigenvalue weighted by molar-refractivity contribution is 0.0955. The first-order chi connectivity index (χ1) is 13.9. The van der Waals surface area contributed by atoms with Crippen LogP contribution in [-0.2, 0) is 6.61 Å². The van der Waals surface area contributed by atoms with Gasteiger partial charge in [-0.2, -0.15) is 5.10 Å². The number of aryl methyl sites for hydroxylation is 2. The maximum absolute atomic E-state index is 12.0. The number of ether oxygens (including phenoxy) is 1. The van der Waals surface area contributed by atoms with E-state index in [0.717, 1.165) is 28.0 Å². The number of rotatable bonds is 6. The highest BCUT2D eigenvalue weighted by atomic mass is 35.5. The molecule has 0 saturated heterocycles. The minimum Gasteiger partial charge on any atom is -0.488 e. The molecule has 148 valence electrons. The second kappa shape index (κ2) is 9.59. The van der Waals surface area contributed by atoms with Gasteiger partial charge in [-0.3, -0.25) is 4.79 Å². The Bertz CT molecular complexity index is 1030. The van der Waals surface area contributed by atoms with Crippen molar-refractivity contribution in [1.82, 2.24) is 5.43 Å². The summed E-state index contributed by atoms with van der Waals surface area (Å²) in [6.45, 7) is 4.33. The number of carbonyl (C=O) groups excluding carboxylic acids is 1. The number of halogens is 2. The van der Waals surface area contributed by atoms with Gasteiger partial charge in [0.25, 0.3) is 5.91 Å². The summed E-state index contributed by atoms with van der Waals surface area (Å²) in [5, 5.41) is 5.07. The molecule has 0 aromatic heterocycles. The molecule has 29 heavy (non-hydrogen) atoms. The van der Waals surface area contributed by atoms with Crippen LogP contribution in [0, 0.1) is 13.8 Å². The minimum atomic E-state index is -0.253. The van der Waals surface area contributed by atoms with Gasteiger partial charge in [0.15, 0.2) is 0 Å². The highest BCUT2D eigenvalue weighted by Gasteiger charge is 2.08. The number of nitrogens with one attached hydrogen (secondary N) is 1. The van der Waals surface area contributed by atoms with Crippen LogP contribution in [0.2, 0.25) is 10.0 Å². The fourth-order valence-electron chi connectivity index (χ4n) is 2.89. The first-order valence-corrected chi connectivity index (χ1v) is 9.76. The number of hydrazone groups is 1. The third kappa shape index (κ3) is 5.59. The molecule has 4 nitrogen and oxygen atoms in total. The maximum Gasteiger partial charge on any atom is 0.271 e. The van der Waals surface area contributed by atoms with E-state index in [1.54, 1.807) is 30.5 Å². The van der Waals surface area contributed by atoms with Gasteiger partial charge in [0.1, 0.15) is 12.4 Å². The average Bonchev–Trinajstić information content (AvgIpc) is 2.70. The van der Waals surface area contributed by atoms with Gasteiger partial charge in [0.2, 0.25) is 0 Å².